The first-order valence-corrected chi connectivity index (χ1v) is 8.69. The van der Waals surface area contributed by atoms with Crippen LogP contribution in [0, 0.1) is 5.82 Å². The summed E-state index contributed by atoms with van der Waals surface area (Å²) in [7, 11) is 1.62. The van der Waals surface area contributed by atoms with Crippen molar-refractivity contribution in [3.05, 3.63) is 70.3 Å². The standard InChI is InChI=1S/C18H15FN4O2S/c1-23-17(25)14-4-2-3-5-15(14)21-18(23)26-11-16(24)22-20-10-12-6-8-13(19)9-7-12/h2-10H,11H2,1H3,(H,22,24)/b20-10+. The molecule has 0 spiro atoms. The Morgan fingerprint density at radius 3 is 2.77 bits per heavy atom. The van der Waals surface area contributed by atoms with E-state index in [4.69, 9.17) is 0 Å². The van der Waals surface area contributed by atoms with E-state index in [1.54, 1.807) is 43.4 Å². The second kappa shape index (κ2) is 7.92. The number of hydrogen-bond donors (Lipinski definition) is 1. The van der Waals surface area contributed by atoms with E-state index in [1.165, 1.54) is 22.9 Å². The average molecular weight is 370 g/mol. The van der Waals surface area contributed by atoms with Gasteiger partial charge in [-0.3, -0.25) is 14.2 Å². The zero-order valence-electron chi connectivity index (χ0n) is 13.8. The highest BCUT2D eigenvalue weighted by Crippen LogP contribution is 2.16. The van der Waals surface area contributed by atoms with Crippen LogP contribution in [0.2, 0.25) is 0 Å². The number of rotatable bonds is 5. The first-order valence-electron chi connectivity index (χ1n) is 7.70. The number of halogens is 1. The van der Waals surface area contributed by atoms with Crippen molar-refractivity contribution < 1.29 is 9.18 Å². The van der Waals surface area contributed by atoms with Gasteiger partial charge in [0.15, 0.2) is 5.16 Å². The van der Waals surface area contributed by atoms with Crippen LogP contribution >= 0.6 is 11.8 Å². The fourth-order valence-electron chi connectivity index (χ4n) is 2.22. The van der Waals surface area contributed by atoms with E-state index in [0.717, 1.165) is 11.8 Å². The van der Waals surface area contributed by atoms with Crippen LogP contribution in [0.5, 0.6) is 0 Å². The predicted molar refractivity (Wildman–Crippen MR) is 99.8 cm³/mol. The van der Waals surface area contributed by atoms with Gasteiger partial charge in [0.2, 0.25) is 0 Å². The molecule has 0 saturated heterocycles. The van der Waals surface area contributed by atoms with E-state index in [2.05, 4.69) is 15.5 Å². The topological polar surface area (TPSA) is 76.3 Å². The summed E-state index contributed by atoms with van der Waals surface area (Å²) < 4.78 is 14.2. The Morgan fingerprint density at radius 1 is 1.27 bits per heavy atom. The second-order valence-corrected chi connectivity index (χ2v) is 6.35. The molecule has 132 valence electrons. The lowest BCUT2D eigenvalue weighted by Crippen LogP contribution is -2.23. The minimum Gasteiger partial charge on any atom is -0.290 e. The van der Waals surface area contributed by atoms with Gasteiger partial charge in [-0.05, 0) is 29.8 Å². The molecule has 1 aromatic heterocycles. The number of fused-ring (bicyclic) bond motifs is 1. The van der Waals surface area contributed by atoms with Crippen molar-refractivity contribution in [3.63, 3.8) is 0 Å². The molecule has 0 aliphatic carbocycles. The lowest BCUT2D eigenvalue weighted by molar-refractivity contribution is -0.118. The Labute approximate surface area is 152 Å². The molecule has 0 unspecified atom stereocenters. The SMILES string of the molecule is Cn1c(SCC(=O)N/N=C/c2ccc(F)cc2)nc2ccccc2c1=O. The molecule has 0 aliphatic heterocycles. The minimum absolute atomic E-state index is 0.0549. The van der Waals surface area contributed by atoms with Gasteiger partial charge in [-0.25, -0.2) is 14.8 Å². The van der Waals surface area contributed by atoms with E-state index >= 15 is 0 Å². The summed E-state index contributed by atoms with van der Waals surface area (Å²) in [5.41, 5.74) is 3.48. The molecule has 8 heteroatoms. The molecule has 2 aromatic carbocycles. The lowest BCUT2D eigenvalue weighted by Gasteiger charge is -2.08. The smallest absolute Gasteiger partial charge is 0.261 e. The van der Waals surface area contributed by atoms with Crippen molar-refractivity contribution in [1.29, 1.82) is 0 Å². The van der Waals surface area contributed by atoms with E-state index in [-0.39, 0.29) is 23.0 Å². The number of carbonyl (C=O) groups excluding carboxylic acids is 1. The van der Waals surface area contributed by atoms with Crippen molar-refractivity contribution in [3.8, 4) is 0 Å². The van der Waals surface area contributed by atoms with E-state index < -0.39 is 0 Å². The number of carbonyl (C=O) groups is 1. The Kier molecular flexibility index (Phi) is 5.43. The predicted octanol–water partition coefficient (Wildman–Crippen LogP) is 2.32. The van der Waals surface area contributed by atoms with Crippen molar-refractivity contribution in [2.45, 2.75) is 5.16 Å². The third-order valence-corrected chi connectivity index (χ3v) is 4.58. The van der Waals surface area contributed by atoms with Crippen molar-refractivity contribution in [1.82, 2.24) is 15.0 Å². The van der Waals surface area contributed by atoms with Gasteiger partial charge in [0.05, 0.1) is 22.9 Å². The number of para-hydroxylation sites is 1. The van der Waals surface area contributed by atoms with E-state index in [1.807, 2.05) is 0 Å². The van der Waals surface area contributed by atoms with Crippen LogP contribution < -0.4 is 11.0 Å². The van der Waals surface area contributed by atoms with Crippen molar-refractivity contribution in [2.75, 3.05) is 5.75 Å². The summed E-state index contributed by atoms with van der Waals surface area (Å²) in [6.45, 7) is 0. The molecule has 0 radical (unpaired) electrons. The number of thioether (sulfide) groups is 1. The van der Waals surface area contributed by atoms with Gasteiger partial charge in [0, 0.05) is 7.05 Å². The molecule has 0 aliphatic rings. The van der Waals surface area contributed by atoms with Crippen LogP contribution in [-0.2, 0) is 11.8 Å². The number of aromatic nitrogens is 2. The zero-order valence-corrected chi connectivity index (χ0v) is 14.7. The maximum Gasteiger partial charge on any atom is 0.261 e. The number of hydrogen-bond acceptors (Lipinski definition) is 5. The van der Waals surface area contributed by atoms with Crippen molar-refractivity contribution in [2.24, 2.45) is 12.1 Å². The monoisotopic (exact) mass is 370 g/mol. The highest BCUT2D eigenvalue weighted by atomic mass is 32.2. The van der Waals surface area contributed by atoms with Crippen LogP contribution in [0.15, 0.2) is 63.6 Å². The van der Waals surface area contributed by atoms with Crippen LogP contribution in [0.4, 0.5) is 4.39 Å². The molecule has 0 fully saturated rings. The van der Waals surface area contributed by atoms with Crippen LogP contribution in [0.3, 0.4) is 0 Å². The van der Waals surface area contributed by atoms with Crippen LogP contribution in [0.1, 0.15) is 5.56 Å². The first kappa shape index (κ1) is 17.8. The molecule has 0 atom stereocenters. The molecule has 0 saturated carbocycles. The summed E-state index contributed by atoms with van der Waals surface area (Å²) in [5, 5.41) is 4.81. The maximum absolute atomic E-state index is 12.8. The number of benzene rings is 2. The third-order valence-electron chi connectivity index (χ3n) is 3.55. The van der Waals surface area contributed by atoms with E-state index in [9.17, 15) is 14.0 Å². The number of nitrogens with zero attached hydrogens (tertiary/aromatic N) is 3. The highest BCUT2D eigenvalue weighted by Gasteiger charge is 2.10. The quantitative estimate of drug-likeness (QED) is 0.324. The van der Waals surface area contributed by atoms with Crippen LogP contribution in [-0.4, -0.2) is 27.4 Å². The average Bonchev–Trinajstić information content (AvgIpc) is 2.65. The summed E-state index contributed by atoms with van der Waals surface area (Å²) in [5.74, 6) is -0.619. The Bertz CT molecular complexity index is 1030. The minimum atomic E-state index is -0.337. The molecular formula is C18H15FN4O2S. The van der Waals surface area contributed by atoms with Gasteiger partial charge in [-0.1, -0.05) is 36.0 Å². The second-order valence-electron chi connectivity index (χ2n) is 5.41. The molecule has 6 nitrogen and oxygen atoms in total. The zero-order chi connectivity index (χ0) is 18.5. The molecule has 1 amide bonds. The van der Waals surface area contributed by atoms with E-state index in [0.29, 0.717) is 21.6 Å². The van der Waals surface area contributed by atoms with Crippen molar-refractivity contribution >= 4 is 34.8 Å². The fraction of sp³-hybridized carbons (Fsp3) is 0.111. The molecule has 0 bridgehead atoms. The normalized spacial score (nSPS) is 11.2. The fourth-order valence-corrected chi connectivity index (χ4v) is 2.98. The molecule has 1 N–H and O–H groups in total. The summed E-state index contributed by atoms with van der Waals surface area (Å²) in [4.78, 5) is 28.6. The molecule has 3 rings (SSSR count). The Balaban J connectivity index is 1.62. The number of amides is 1. The highest BCUT2D eigenvalue weighted by molar-refractivity contribution is 7.99. The van der Waals surface area contributed by atoms with Gasteiger partial charge >= 0.3 is 0 Å². The molecule has 3 aromatic rings. The molecule has 26 heavy (non-hydrogen) atoms. The van der Waals surface area contributed by atoms with Gasteiger partial charge in [0.1, 0.15) is 5.82 Å². The number of nitrogens with one attached hydrogen (secondary N) is 1. The number of hydrazone groups is 1. The van der Waals surface area contributed by atoms with Gasteiger partial charge in [-0.15, -0.1) is 0 Å². The maximum atomic E-state index is 12.8. The van der Waals surface area contributed by atoms with Gasteiger partial charge < -0.3 is 0 Å². The summed E-state index contributed by atoms with van der Waals surface area (Å²) in [6.07, 6.45) is 1.42. The first-order chi connectivity index (χ1) is 12.5. The Hall–Kier alpha value is -3.00. The van der Waals surface area contributed by atoms with Gasteiger partial charge in [0.25, 0.3) is 11.5 Å². The Morgan fingerprint density at radius 2 is 2.00 bits per heavy atom. The molecular weight excluding hydrogens is 355 g/mol. The summed E-state index contributed by atoms with van der Waals surface area (Å²) in [6, 6.07) is 12.8. The van der Waals surface area contributed by atoms with Gasteiger partial charge in [-0.2, -0.15) is 5.10 Å². The molecule has 1 heterocycles. The largest absolute Gasteiger partial charge is 0.290 e. The lowest BCUT2D eigenvalue weighted by atomic mass is 10.2. The summed E-state index contributed by atoms with van der Waals surface area (Å²) >= 11 is 1.15. The van der Waals surface area contributed by atoms with Crippen LogP contribution in [0.25, 0.3) is 10.9 Å². The third kappa shape index (κ3) is 4.15.